The summed E-state index contributed by atoms with van der Waals surface area (Å²) in [6.45, 7) is 10.9. The number of rotatable bonds is 2. The predicted molar refractivity (Wildman–Crippen MR) is 147 cm³/mol. The van der Waals surface area contributed by atoms with Crippen molar-refractivity contribution in [3.8, 4) is 22.8 Å². The number of pyridine rings is 1. The van der Waals surface area contributed by atoms with Gasteiger partial charge in [0.15, 0.2) is 5.75 Å². The topological polar surface area (TPSA) is 105 Å². The lowest BCUT2D eigenvalue weighted by molar-refractivity contribution is -0.00557. The second-order valence-electron chi connectivity index (χ2n) is 11.5. The van der Waals surface area contributed by atoms with Gasteiger partial charge in [0.1, 0.15) is 45.9 Å². The Kier molecular flexibility index (Phi) is 7.47. The summed E-state index contributed by atoms with van der Waals surface area (Å²) in [5.74, 6) is -1.05. The van der Waals surface area contributed by atoms with Crippen molar-refractivity contribution < 1.29 is 33.3 Å². The summed E-state index contributed by atoms with van der Waals surface area (Å²) < 4.78 is 32.7. The van der Waals surface area contributed by atoms with E-state index in [0.717, 1.165) is 0 Å². The minimum Gasteiger partial charge on any atom is -0.507 e. The van der Waals surface area contributed by atoms with Crippen molar-refractivity contribution in [1.82, 2.24) is 14.8 Å². The van der Waals surface area contributed by atoms with Gasteiger partial charge in [-0.15, -0.1) is 0 Å². The highest BCUT2D eigenvalue weighted by Crippen LogP contribution is 2.46. The van der Waals surface area contributed by atoms with E-state index in [2.05, 4.69) is 0 Å². The van der Waals surface area contributed by atoms with E-state index in [-0.39, 0.29) is 83.5 Å². The van der Waals surface area contributed by atoms with Crippen LogP contribution in [0.25, 0.3) is 11.3 Å². The fraction of sp³-hybridized carbons (Fsp3) is 0.536. The third-order valence-electron chi connectivity index (χ3n) is 7.05. The lowest BCUT2D eigenvalue weighted by Crippen LogP contribution is -2.58. The number of hydrogen-bond donors (Lipinski definition) is 1. The van der Waals surface area contributed by atoms with Crippen molar-refractivity contribution >= 4 is 29.4 Å². The Balaban J connectivity index is 1.59. The number of fused-ring (bicyclic) bond motifs is 2. The molecule has 10 nitrogen and oxygen atoms in total. The summed E-state index contributed by atoms with van der Waals surface area (Å²) in [5.41, 5.74) is -0.699. The average molecular weight is 577 g/mol. The number of piperazine rings is 1. The molecule has 2 amide bonds. The lowest BCUT2D eigenvalue weighted by Gasteiger charge is -2.40. The Bertz CT molecular complexity index is 1300. The number of morpholine rings is 1. The summed E-state index contributed by atoms with van der Waals surface area (Å²) in [5, 5.41) is 10.5. The third-order valence-corrected chi connectivity index (χ3v) is 7.40. The number of hydrogen-bond acceptors (Lipinski definition) is 8. The molecule has 2 fully saturated rings. The molecule has 1 N–H and O–H groups in total. The molecule has 1 aromatic heterocycles. The van der Waals surface area contributed by atoms with Crippen LogP contribution in [-0.2, 0) is 9.47 Å². The Hall–Kier alpha value is -3.31. The monoisotopic (exact) mass is 576 g/mol. The number of benzene rings is 1. The van der Waals surface area contributed by atoms with Crippen molar-refractivity contribution in [2.45, 2.75) is 58.5 Å². The maximum absolute atomic E-state index is 15.0. The first kappa shape index (κ1) is 28.2. The highest BCUT2D eigenvalue weighted by molar-refractivity contribution is 6.35. The van der Waals surface area contributed by atoms with Gasteiger partial charge < -0.3 is 34.0 Å². The lowest BCUT2D eigenvalue weighted by atomic mass is 10.0. The maximum Gasteiger partial charge on any atom is 0.410 e. The van der Waals surface area contributed by atoms with Crippen LogP contribution < -0.4 is 9.64 Å². The summed E-state index contributed by atoms with van der Waals surface area (Å²) in [6.07, 6.45) is -0.779. The molecule has 0 unspecified atom stereocenters. The van der Waals surface area contributed by atoms with Gasteiger partial charge in [-0.3, -0.25) is 4.79 Å². The molecule has 40 heavy (non-hydrogen) atoms. The van der Waals surface area contributed by atoms with Crippen molar-refractivity contribution in [3.05, 3.63) is 34.6 Å². The summed E-state index contributed by atoms with van der Waals surface area (Å²) in [7, 11) is 0. The van der Waals surface area contributed by atoms with Gasteiger partial charge in [-0.05, 0) is 46.8 Å². The van der Waals surface area contributed by atoms with Crippen molar-refractivity contribution in [1.29, 1.82) is 0 Å². The van der Waals surface area contributed by atoms with E-state index in [4.69, 9.17) is 30.8 Å². The van der Waals surface area contributed by atoms with Gasteiger partial charge in [0.25, 0.3) is 5.91 Å². The highest BCUT2D eigenvalue weighted by atomic mass is 35.5. The minimum atomic E-state index is -0.714. The Morgan fingerprint density at radius 1 is 1.15 bits per heavy atom. The number of phenols is 1. The Labute approximate surface area is 237 Å². The summed E-state index contributed by atoms with van der Waals surface area (Å²) >= 11 is 6.80. The van der Waals surface area contributed by atoms with E-state index in [1.807, 2.05) is 18.7 Å². The number of anilines is 1. The van der Waals surface area contributed by atoms with Gasteiger partial charge in [-0.1, -0.05) is 17.7 Å². The first-order valence-electron chi connectivity index (χ1n) is 13.4. The molecule has 4 heterocycles. The van der Waals surface area contributed by atoms with Crippen LogP contribution in [0.1, 0.15) is 45.0 Å². The fourth-order valence-electron chi connectivity index (χ4n) is 5.43. The SMILES string of the molecule is C[C@H]1CN(c2nc(-c3c(O)cccc3F)c(Cl)c3c2C(=O)N2CCN(C(=O)OC(C)(C)C)C[C@@H]2CO3)C[C@H](C)O1. The van der Waals surface area contributed by atoms with Crippen LogP contribution in [-0.4, -0.2) is 95.1 Å². The van der Waals surface area contributed by atoms with Crippen LogP contribution in [0.3, 0.4) is 0 Å². The van der Waals surface area contributed by atoms with Gasteiger partial charge >= 0.3 is 6.09 Å². The van der Waals surface area contributed by atoms with Crippen LogP contribution in [0.15, 0.2) is 18.2 Å². The molecule has 216 valence electrons. The van der Waals surface area contributed by atoms with Gasteiger partial charge in [-0.25, -0.2) is 14.2 Å². The molecule has 2 aromatic rings. The molecule has 3 aliphatic heterocycles. The van der Waals surface area contributed by atoms with E-state index in [1.165, 1.54) is 18.2 Å². The number of aromatic nitrogens is 1. The first-order chi connectivity index (χ1) is 18.8. The zero-order valence-corrected chi connectivity index (χ0v) is 24.0. The average Bonchev–Trinajstić information content (AvgIpc) is 3.00. The molecule has 5 rings (SSSR count). The third kappa shape index (κ3) is 5.36. The number of nitrogens with zero attached hydrogens (tertiary/aromatic N) is 4. The molecule has 12 heteroatoms. The van der Waals surface area contributed by atoms with Gasteiger partial charge in [0.05, 0.1) is 23.8 Å². The van der Waals surface area contributed by atoms with E-state index in [0.29, 0.717) is 13.1 Å². The molecule has 1 aromatic carbocycles. The molecule has 0 bridgehead atoms. The largest absolute Gasteiger partial charge is 0.507 e. The number of amides is 2. The molecule has 2 saturated heterocycles. The second-order valence-corrected chi connectivity index (χ2v) is 11.9. The number of carbonyl (C=O) groups is 2. The predicted octanol–water partition coefficient (Wildman–Crippen LogP) is 4.31. The molecule has 0 saturated carbocycles. The normalized spacial score (nSPS) is 23.2. The second kappa shape index (κ2) is 10.6. The van der Waals surface area contributed by atoms with Gasteiger partial charge in [0, 0.05) is 32.7 Å². The molecule has 3 atom stereocenters. The molecule has 0 spiro atoms. The number of phenolic OH excluding ortho intramolecular Hbond substituents is 1. The van der Waals surface area contributed by atoms with Gasteiger partial charge in [-0.2, -0.15) is 0 Å². The molecular formula is C28H34ClFN4O6. The molecular weight excluding hydrogens is 543 g/mol. The van der Waals surface area contributed by atoms with E-state index in [9.17, 15) is 14.7 Å². The first-order valence-corrected chi connectivity index (χ1v) is 13.7. The van der Waals surface area contributed by atoms with Crippen molar-refractivity contribution in [2.75, 3.05) is 44.2 Å². The van der Waals surface area contributed by atoms with Crippen LogP contribution in [0.4, 0.5) is 15.0 Å². The number of carbonyl (C=O) groups excluding carboxylic acids is 2. The van der Waals surface area contributed by atoms with Crippen molar-refractivity contribution in [3.63, 3.8) is 0 Å². The van der Waals surface area contributed by atoms with Crippen LogP contribution in [0.2, 0.25) is 5.02 Å². The maximum atomic E-state index is 15.0. The standard InChI is InChI=1S/C28H34ClFN4O6/c1-15-11-33(12-16(2)39-15)25-21-24(22(29)23(31-25)20-18(30)7-6-8-19(20)35)38-14-17-13-32(9-10-34(17)26(21)36)27(37)40-28(3,4)5/h6-8,15-17,35H,9-14H2,1-5H3/t15-,16-,17+/m0/s1. The van der Waals surface area contributed by atoms with Crippen LogP contribution in [0, 0.1) is 5.82 Å². The Morgan fingerprint density at radius 3 is 2.50 bits per heavy atom. The zero-order valence-electron chi connectivity index (χ0n) is 23.2. The Morgan fingerprint density at radius 2 is 1.85 bits per heavy atom. The molecule has 3 aliphatic rings. The van der Waals surface area contributed by atoms with Crippen LogP contribution in [0.5, 0.6) is 11.5 Å². The minimum absolute atomic E-state index is 0.0270. The van der Waals surface area contributed by atoms with E-state index in [1.54, 1.807) is 30.6 Å². The molecule has 0 radical (unpaired) electrons. The fourth-order valence-corrected chi connectivity index (χ4v) is 5.72. The highest BCUT2D eigenvalue weighted by Gasteiger charge is 2.42. The quantitative estimate of drug-likeness (QED) is 0.564. The number of halogens is 2. The molecule has 0 aliphatic carbocycles. The smallest absolute Gasteiger partial charge is 0.410 e. The van der Waals surface area contributed by atoms with Crippen LogP contribution >= 0.6 is 11.6 Å². The van der Waals surface area contributed by atoms with E-state index >= 15 is 4.39 Å². The summed E-state index contributed by atoms with van der Waals surface area (Å²) in [4.78, 5) is 36.8. The van der Waals surface area contributed by atoms with Gasteiger partial charge in [0.2, 0.25) is 0 Å². The number of ether oxygens (including phenoxy) is 3. The summed E-state index contributed by atoms with van der Waals surface area (Å²) in [6, 6.07) is 3.46. The van der Waals surface area contributed by atoms with Crippen molar-refractivity contribution in [2.24, 2.45) is 0 Å². The number of aromatic hydroxyl groups is 1. The zero-order chi connectivity index (χ0) is 28.9. The van der Waals surface area contributed by atoms with E-state index < -0.39 is 23.6 Å².